The van der Waals surface area contributed by atoms with Gasteiger partial charge in [0.15, 0.2) is 0 Å². The van der Waals surface area contributed by atoms with Gasteiger partial charge in [-0.3, -0.25) is 4.79 Å². The van der Waals surface area contributed by atoms with Crippen LogP contribution in [0.5, 0.6) is 0 Å². The molecule has 5 nitrogen and oxygen atoms in total. The van der Waals surface area contributed by atoms with Crippen molar-refractivity contribution in [2.24, 2.45) is 5.92 Å². The molecule has 0 saturated carbocycles. The topological polar surface area (TPSA) is 47.6 Å². The van der Waals surface area contributed by atoms with E-state index in [0.29, 0.717) is 17.9 Å². The van der Waals surface area contributed by atoms with Crippen LogP contribution >= 0.6 is 24.8 Å². The molecule has 0 bridgehead atoms. The van der Waals surface area contributed by atoms with Gasteiger partial charge in [-0.05, 0) is 37.9 Å². The number of nitrogens with zero attached hydrogens (tertiary/aromatic N) is 2. The number of halogens is 2. The summed E-state index contributed by atoms with van der Waals surface area (Å²) in [6, 6.07) is 0.362. The average Bonchev–Trinajstić information content (AvgIpc) is 2.91. The van der Waals surface area contributed by atoms with Gasteiger partial charge < -0.3 is 20.4 Å². The molecule has 4 aliphatic rings. The summed E-state index contributed by atoms with van der Waals surface area (Å²) in [6.45, 7) is 4.73. The Morgan fingerprint density at radius 3 is 2.77 bits per heavy atom. The van der Waals surface area contributed by atoms with Gasteiger partial charge in [0.2, 0.25) is 5.91 Å². The predicted octanol–water partition coefficient (Wildman–Crippen LogP) is 0.725. The van der Waals surface area contributed by atoms with E-state index < -0.39 is 0 Å². The molecule has 124 valence electrons. The molecule has 4 aliphatic heterocycles. The predicted molar refractivity (Wildman–Crippen MR) is 91.3 cm³/mol. The Kier molecular flexibility index (Phi) is 5.64. The Bertz CT molecular complexity index is 476. The number of carbonyl (C=O) groups is 1. The molecular weight excluding hydrogens is 323 g/mol. The van der Waals surface area contributed by atoms with Crippen LogP contribution < -0.4 is 10.6 Å². The van der Waals surface area contributed by atoms with Gasteiger partial charge in [-0.1, -0.05) is 12.2 Å². The summed E-state index contributed by atoms with van der Waals surface area (Å²) in [7, 11) is 0. The van der Waals surface area contributed by atoms with E-state index in [0.717, 1.165) is 38.5 Å². The van der Waals surface area contributed by atoms with Gasteiger partial charge in [0, 0.05) is 19.6 Å². The number of piperidine rings is 1. The van der Waals surface area contributed by atoms with E-state index in [9.17, 15) is 4.79 Å². The fourth-order valence-electron chi connectivity index (χ4n) is 3.90. The largest absolute Gasteiger partial charge is 0.369 e. The van der Waals surface area contributed by atoms with Crippen LogP contribution in [0.25, 0.3) is 0 Å². The first kappa shape index (κ1) is 17.4. The highest BCUT2D eigenvalue weighted by molar-refractivity contribution is 5.85. The molecule has 0 aromatic heterocycles. The normalized spacial score (nSPS) is 30.0. The number of hydrogen-bond acceptors (Lipinski definition) is 4. The zero-order valence-corrected chi connectivity index (χ0v) is 14.2. The maximum atomic E-state index is 12.7. The van der Waals surface area contributed by atoms with E-state index in [1.807, 2.05) is 0 Å². The molecule has 7 heteroatoms. The van der Waals surface area contributed by atoms with Gasteiger partial charge in [-0.25, -0.2) is 0 Å². The number of nitrogens with one attached hydrogen (secondary N) is 2. The Labute approximate surface area is 144 Å². The van der Waals surface area contributed by atoms with Crippen molar-refractivity contribution in [1.82, 2.24) is 20.4 Å². The SMILES string of the molecule is Cl.Cl.O=C1C2CNC3=CC=CC(CN1CC1CCNCC1)N32. The second-order valence-corrected chi connectivity index (χ2v) is 6.24. The zero-order chi connectivity index (χ0) is 13.5. The molecule has 2 atom stereocenters. The van der Waals surface area contributed by atoms with Crippen molar-refractivity contribution in [3.05, 3.63) is 24.0 Å². The minimum Gasteiger partial charge on any atom is -0.369 e. The van der Waals surface area contributed by atoms with Gasteiger partial charge in [-0.2, -0.15) is 0 Å². The third-order valence-electron chi connectivity index (χ3n) is 4.98. The van der Waals surface area contributed by atoms with Crippen molar-refractivity contribution in [3.63, 3.8) is 0 Å². The molecule has 2 unspecified atom stereocenters. The molecule has 22 heavy (non-hydrogen) atoms. The summed E-state index contributed by atoms with van der Waals surface area (Å²) in [6.07, 6.45) is 8.81. The number of hydrogen-bond donors (Lipinski definition) is 2. The second kappa shape index (κ2) is 7.11. The minimum atomic E-state index is 0. The number of carbonyl (C=O) groups excluding carboxylic acids is 1. The zero-order valence-electron chi connectivity index (χ0n) is 12.5. The summed E-state index contributed by atoms with van der Waals surface area (Å²) < 4.78 is 0. The van der Waals surface area contributed by atoms with Crippen LogP contribution in [0.4, 0.5) is 0 Å². The molecule has 2 N–H and O–H groups in total. The van der Waals surface area contributed by atoms with Crippen LogP contribution in [0.3, 0.4) is 0 Å². The van der Waals surface area contributed by atoms with E-state index in [-0.39, 0.29) is 30.9 Å². The van der Waals surface area contributed by atoms with Crippen molar-refractivity contribution >= 4 is 30.7 Å². The Balaban J connectivity index is 0.000000882. The van der Waals surface area contributed by atoms with Crippen LogP contribution in [-0.2, 0) is 4.79 Å². The summed E-state index contributed by atoms with van der Waals surface area (Å²) in [4.78, 5) is 17.1. The molecule has 3 saturated heterocycles. The third kappa shape index (κ3) is 2.94. The van der Waals surface area contributed by atoms with E-state index in [1.54, 1.807) is 0 Å². The van der Waals surface area contributed by atoms with Crippen LogP contribution in [0.2, 0.25) is 0 Å². The summed E-state index contributed by atoms with van der Waals surface area (Å²) in [5.41, 5.74) is 0. The first-order chi connectivity index (χ1) is 9.83. The summed E-state index contributed by atoms with van der Waals surface area (Å²) in [5, 5.41) is 6.76. The molecule has 3 fully saturated rings. The van der Waals surface area contributed by atoms with Gasteiger partial charge in [0.05, 0.1) is 6.04 Å². The molecular formula is C15H24Cl2N4O. The summed E-state index contributed by atoms with van der Waals surface area (Å²) >= 11 is 0. The van der Waals surface area contributed by atoms with Crippen molar-refractivity contribution in [1.29, 1.82) is 0 Å². The van der Waals surface area contributed by atoms with E-state index >= 15 is 0 Å². The quantitative estimate of drug-likeness (QED) is 0.773. The van der Waals surface area contributed by atoms with Gasteiger partial charge in [-0.15, -0.1) is 24.8 Å². The van der Waals surface area contributed by atoms with E-state index in [4.69, 9.17) is 0 Å². The van der Waals surface area contributed by atoms with Crippen LogP contribution in [0.1, 0.15) is 12.8 Å². The lowest BCUT2D eigenvalue weighted by Gasteiger charge is -2.44. The highest BCUT2D eigenvalue weighted by atomic mass is 35.5. The van der Waals surface area contributed by atoms with Crippen LogP contribution in [0.15, 0.2) is 24.0 Å². The molecule has 4 rings (SSSR count). The van der Waals surface area contributed by atoms with Gasteiger partial charge in [0.25, 0.3) is 0 Å². The van der Waals surface area contributed by atoms with Crippen molar-refractivity contribution in [2.45, 2.75) is 24.9 Å². The molecule has 0 radical (unpaired) electrons. The first-order valence-corrected chi connectivity index (χ1v) is 7.73. The number of amides is 1. The highest BCUT2D eigenvalue weighted by Crippen LogP contribution is 2.29. The van der Waals surface area contributed by atoms with Crippen molar-refractivity contribution in [2.75, 3.05) is 32.7 Å². The Morgan fingerprint density at radius 2 is 2.00 bits per heavy atom. The number of allylic oxidation sites excluding steroid dienone is 2. The lowest BCUT2D eigenvalue weighted by molar-refractivity contribution is -0.141. The van der Waals surface area contributed by atoms with E-state index in [2.05, 4.69) is 38.7 Å². The fraction of sp³-hybridized carbons (Fsp3) is 0.667. The lowest BCUT2D eigenvalue weighted by Crippen LogP contribution is -2.60. The van der Waals surface area contributed by atoms with Crippen molar-refractivity contribution in [3.8, 4) is 0 Å². The van der Waals surface area contributed by atoms with Crippen molar-refractivity contribution < 1.29 is 4.79 Å². The maximum absolute atomic E-state index is 12.7. The monoisotopic (exact) mass is 346 g/mol. The smallest absolute Gasteiger partial charge is 0.247 e. The second-order valence-electron chi connectivity index (χ2n) is 6.24. The molecule has 0 aromatic carbocycles. The lowest BCUT2D eigenvalue weighted by atomic mass is 9.95. The minimum absolute atomic E-state index is 0. The Morgan fingerprint density at radius 1 is 1.23 bits per heavy atom. The maximum Gasteiger partial charge on any atom is 0.247 e. The standard InChI is InChI=1S/C15H22N4O.2ClH/c20-15-13-8-17-14-3-1-2-12(19(13)14)10-18(15)9-11-4-6-16-7-5-11;;/h1-3,11-13,16-17H,4-10H2;2*1H. The number of piperazine rings is 1. The Hall–Kier alpha value is -0.910. The summed E-state index contributed by atoms with van der Waals surface area (Å²) in [5.74, 6) is 2.10. The average molecular weight is 347 g/mol. The first-order valence-electron chi connectivity index (χ1n) is 7.73. The molecule has 1 amide bonds. The van der Waals surface area contributed by atoms with Crippen LogP contribution in [0, 0.1) is 5.92 Å². The number of rotatable bonds is 2. The molecule has 4 heterocycles. The van der Waals surface area contributed by atoms with E-state index in [1.165, 1.54) is 12.8 Å². The molecule has 0 aromatic rings. The van der Waals surface area contributed by atoms with Gasteiger partial charge in [0.1, 0.15) is 11.9 Å². The van der Waals surface area contributed by atoms with Gasteiger partial charge >= 0.3 is 0 Å². The molecule has 0 spiro atoms. The third-order valence-corrected chi connectivity index (χ3v) is 4.98. The van der Waals surface area contributed by atoms with Crippen LogP contribution in [-0.4, -0.2) is 60.5 Å². The highest BCUT2D eigenvalue weighted by Gasteiger charge is 2.45. The molecule has 0 aliphatic carbocycles. The fourth-order valence-corrected chi connectivity index (χ4v) is 3.90.